The number of methoxy groups -OCH3 is 1. The summed E-state index contributed by atoms with van der Waals surface area (Å²) >= 11 is 0. The lowest BCUT2D eigenvalue weighted by atomic mass is 9.77. The van der Waals surface area contributed by atoms with Gasteiger partial charge in [-0.2, -0.15) is 0 Å². The molecule has 1 atom stereocenters. The number of esters is 1. The molecule has 2 aliphatic rings. The van der Waals surface area contributed by atoms with Crippen molar-refractivity contribution in [2.24, 2.45) is 4.99 Å². The number of ether oxygens (including phenoxy) is 2. The van der Waals surface area contributed by atoms with Gasteiger partial charge in [0.25, 0.3) is 0 Å². The van der Waals surface area contributed by atoms with Gasteiger partial charge in [-0.05, 0) is 49.1 Å². The molecule has 6 nitrogen and oxygen atoms in total. The van der Waals surface area contributed by atoms with Crippen LogP contribution >= 0.6 is 0 Å². The van der Waals surface area contributed by atoms with Gasteiger partial charge in [-0.25, -0.2) is 4.79 Å². The summed E-state index contributed by atoms with van der Waals surface area (Å²) in [6, 6.07) is 15.1. The maximum atomic E-state index is 12.0. The second-order valence-corrected chi connectivity index (χ2v) is 8.25. The lowest BCUT2D eigenvalue weighted by Crippen LogP contribution is -2.61. The predicted molar refractivity (Wildman–Crippen MR) is 116 cm³/mol. The highest BCUT2D eigenvalue weighted by atomic mass is 16.5. The molecule has 30 heavy (non-hydrogen) atoms. The molecule has 0 fully saturated rings. The number of aliphatic imine (C=N–C) groups is 1. The monoisotopic (exact) mass is 402 g/mol. The lowest BCUT2D eigenvalue weighted by molar-refractivity contribution is 0.0597. The quantitative estimate of drug-likeness (QED) is 0.605. The lowest BCUT2D eigenvalue weighted by Gasteiger charge is -2.45. The largest absolute Gasteiger partial charge is 0.507 e. The van der Waals surface area contributed by atoms with Crippen molar-refractivity contribution < 1.29 is 19.4 Å². The third-order valence-corrected chi connectivity index (χ3v) is 6.44. The van der Waals surface area contributed by atoms with E-state index in [9.17, 15) is 9.90 Å². The summed E-state index contributed by atoms with van der Waals surface area (Å²) < 4.78 is 11.4. The first-order valence-corrected chi connectivity index (χ1v) is 9.76. The molecule has 5 rings (SSSR count). The number of benzene rings is 3. The first-order chi connectivity index (χ1) is 14.3. The molecule has 2 heterocycles. The van der Waals surface area contributed by atoms with Gasteiger partial charge in [0.05, 0.1) is 18.7 Å². The van der Waals surface area contributed by atoms with Gasteiger partial charge in [-0.1, -0.05) is 24.3 Å². The average Bonchev–Trinajstić information content (AvgIpc) is 2.91. The minimum Gasteiger partial charge on any atom is -0.507 e. The van der Waals surface area contributed by atoms with Gasteiger partial charge in [-0.15, -0.1) is 0 Å². The first-order valence-electron chi connectivity index (χ1n) is 9.76. The minimum absolute atomic E-state index is 0.0969. The fraction of sp³-hybridized carbons (Fsp3) is 0.250. The zero-order valence-electron chi connectivity index (χ0n) is 17.3. The average molecular weight is 402 g/mol. The number of nitrogens with zero attached hydrogens (tertiary/aromatic N) is 2. The van der Waals surface area contributed by atoms with Crippen molar-refractivity contribution in [3.8, 4) is 11.5 Å². The van der Waals surface area contributed by atoms with E-state index in [4.69, 9.17) is 14.5 Å². The minimum atomic E-state index is -0.778. The molecule has 0 aliphatic carbocycles. The second-order valence-electron chi connectivity index (χ2n) is 8.25. The van der Waals surface area contributed by atoms with E-state index in [0.29, 0.717) is 16.8 Å². The highest BCUT2D eigenvalue weighted by molar-refractivity contribution is 6.05. The van der Waals surface area contributed by atoms with Crippen LogP contribution in [0.5, 0.6) is 11.5 Å². The molecule has 0 radical (unpaired) electrons. The Bertz CT molecular complexity index is 1250. The Balaban J connectivity index is 1.69. The number of aromatic hydroxyl groups is 1. The number of para-hydroxylation sites is 1. The molecule has 152 valence electrons. The van der Waals surface area contributed by atoms with Crippen molar-refractivity contribution in [3.63, 3.8) is 0 Å². The van der Waals surface area contributed by atoms with E-state index in [1.807, 2.05) is 37.5 Å². The van der Waals surface area contributed by atoms with Crippen molar-refractivity contribution in [1.82, 2.24) is 0 Å². The fourth-order valence-electron chi connectivity index (χ4n) is 4.69. The number of carbonyl (C=O) groups is 1. The Morgan fingerprint density at radius 3 is 2.67 bits per heavy atom. The fourth-order valence-corrected chi connectivity index (χ4v) is 4.69. The summed E-state index contributed by atoms with van der Waals surface area (Å²) in [7, 11) is 3.30. The van der Waals surface area contributed by atoms with Crippen LogP contribution in [0, 0.1) is 0 Å². The maximum Gasteiger partial charge on any atom is 0.341 e. The summed E-state index contributed by atoms with van der Waals surface area (Å²) in [6.45, 7) is 4.31. The number of anilines is 1. The summed E-state index contributed by atoms with van der Waals surface area (Å²) in [5.41, 5.74) is 1.90. The van der Waals surface area contributed by atoms with Gasteiger partial charge in [0.1, 0.15) is 22.7 Å². The SMILES string of the molecule is COC(=O)c1cc2c3c(ccc2cc1O)OC1(C=N3)N(C)c2ccccc2C1(C)C. The van der Waals surface area contributed by atoms with Crippen LogP contribution in [-0.2, 0) is 10.2 Å². The summed E-state index contributed by atoms with van der Waals surface area (Å²) in [6.07, 6.45) is 1.85. The van der Waals surface area contributed by atoms with Gasteiger partial charge in [0, 0.05) is 18.1 Å². The zero-order valence-corrected chi connectivity index (χ0v) is 17.3. The second kappa shape index (κ2) is 5.98. The first kappa shape index (κ1) is 18.5. The van der Waals surface area contributed by atoms with E-state index in [-0.39, 0.29) is 16.7 Å². The number of phenolic OH excluding ortho intramolecular Hbond substituents is 1. The molecule has 2 aliphatic heterocycles. The van der Waals surface area contributed by atoms with Crippen LogP contribution in [0.4, 0.5) is 11.4 Å². The number of fused-ring (bicyclic) bond motifs is 4. The number of rotatable bonds is 1. The molecule has 0 amide bonds. The van der Waals surface area contributed by atoms with E-state index in [0.717, 1.165) is 11.1 Å². The summed E-state index contributed by atoms with van der Waals surface area (Å²) in [4.78, 5) is 19.0. The van der Waals surface area contributed by atoms with Crippen LogP contribution in [0.1, 0.15) is 29.8 Å². The predicted octanol–water partition coefficient (Wildman–Crippen LogP) is 4.55. The number of hydrogen-bond acceptors (Lipinski definition) is 6. The normalized spacial score (nSPS) is 20.7. The Morgan fingerprint density at radius 2 is 1.93 bits per heavy atom. The molecule has 1 unspecified atom stereocenters. The van der Waals surface area contributed by atoms with Crippen LogP contribution in [-0.4, -0.2) is 37.2 Å². The van der Waals surface area contributed by atoms with Crippen molar-refractivity contribution >= 4 is 34.3 Å². The van der Waals surface area contributed by atoms with Gasteiger partial charge < -0.3 is 19.5 Å². The van der Waals surface area contributed by atoms with Crippen molar-refractivity contribution in [2.75, 3.05) is 19.1 Å². The Hall–Kier alpha value is -3.54. The Labute approximate surface area is 174 Å². The van der Waals surface area contributed by atoms with E-state index in [1.165, 1.54) is 12.7 Å². The highest BCUT2D eigenvalue weighted by Crippen LogP contribution is 2.54. The van der Waals surface area contributed by atoms with Gasteiger partial charge in [-0.3, -0.25) is 4.99 Å². The smallest absolute Gasteiger partial charge is 0.341 e. The van der Waals surface area contributed by atoms with Crippen LogP contribution in [0.25, 0.3) is 10.8 Å². The number of hydrogen-bond donors (Lipinski definition) is 1. The molecule has 0 saturated carbocycles. The van der Waals surface area contributed by atoms with Crippen LogP contribution < -0.4 is 9.64 Å². The van der Waals surface area contributed by atoms with E-state index >= 15 is 0 Å². The van der Waals surface area contributed by atoms with Gasteiger partial charge in [0.2, 0.25) is 5.72 Å². The van der Waals surface area contributed by atoms with E-state index in [1.54, 1.807) is 12.1 Å². The maximum absolute atomic E-state index is 12.0. The molecule has 6 heteroatoms. The molecule has 0 bridgehead atoms. The third-order valence-electron chi connectivity index (χ3n) is 6.44. The van der Waals surface area contributed by atoms with E-state index < -0.39 is 11.7 Å². The van der Waals surface area contributed by atoms with Gasteiger partial charge >= 0.3 is 5.97 Å². The topological polar surface area (TPSA) is 71.4 Å². The molecule has 3 aromatic rings. The van der Waals surface area contributed by atoms with Gasteiger partial charge in [0.15, 0.2) is 0 Å². The number of phenols is 1. The van der Waals surface area contributed by atoms with E-state index in [2.05, 4.69) is 30.9 Å². The third kappa shape index (κ3) is 2.19. The molecule has 1 spiro atoms. The van der Waals surface area contributed by atoms with Crippen molar-refractivity contribution in [3.05, 3.63) is 59.7 Å². The number of likely N-dealkylation sites (N-methyl/N-ethyl adjacent to an activating group) is 1. The van der Waals surface area contributed by atoms with Crippen LogP contribution in [0.2, 0.25) is 0 Å². The number of carbonyl (C=O) groups excluding carboxylic acids is 1. The van der Waals surface area contributed by atoms with Crippen molar-refractivity contribution in [1.29, 1.82) is 0 Å². The standard InChI is InChI=1S/C24H22N2O4/c1-23(2)17-7-5-6-8-18(17)26(3)24(23)13-25-21-15-12-16(22(28)29-4)19(27)11-14(15)9-10-20(21)30-24/h5-13,27H,1-4H3. The van der Waals surface area contributed by atoms with Crippen molar-refractivity contribution in [2.45, 2.75) is 25.0 Å². The Morgan fingerprint density at radius 1 is 1.17 bits per heavy atom. The molecule has 0 saturated heterocycles. The molecule has 0 aromatic heterocycles. The summed E-state index contributed by atoms with van der Waals surface area (Å²) in [5.74, 6) is -0.103. The summed E-state index contributed by atoms with van der Waals surface area (Å²) in [5, 5.41) is 11.7. The molecular weight excluding hydrogens is 380 g/mol. The molecule has 1 N–H and O–H groups in total. The molecular formula is C24H22N2O4. The molecule has 3 aromatic carbocycles. The Kier molecular flexibility index (Phi) is 3.69. The highest BCUT2D eigenvalue weighted by Gasteiger charge is 2.58. The zero-order chi connectivity index (χ0) is 21.3. The van der Waals surface area contributed by atoms with Crippen LogP contribution in [0.3, 0.4) is 0 Å². The van der Waals surface area contributed by atoms with Crippen LogP contribution in [0.15, 0.2) is 53.5 Å².